The molecule has 3 rings (SSSR count). The van der Waals surface area contributed by atoms with Crippen molar-refractivity contribution in [3.63, 3.8) is 0 Å². The van der Waals surface area contributed by atoms with Crippen molar-refractivity contribution in [3.8, 4) is 22.8 Å². The number of hydrogen-bond acceptors (Lipinski definition) is 5. The molecule has 0 fully saturated rings. The lowest BCUT2D eigenvalue weighted by atomic mass is 9.86. The minimum absolute atomic E-state index is 0.00290. The lowest BCUT2D eigenvalue weighted by Crippen LogP contribution is -2.11. The first kappa shape index (κ1) is 14.6. The molecule has 1 aromatic carbocycles. The van der Waals surface area contributed by atoms with Crippen LogP contribution in [0.1, 0.15) is 26.3 Å². The largest absolute Gasteiger partial charge is 0.236 e. The molecule has 0 bridgehead atoms. The van der Waals surface area contributed by atoms with Crippen molar-refractivity contribution in [2.45, 2.75) is 26.2 Å². The number of rotatable bonds is 2. The highest BCUT2D eigenvalue weighted by Gasteiger charge is 2.18. The van der Waals surface area contributed by atoms with Crippen LogP contribution >= 0.6 is 11.6 Å². The molecule has 0 aliphatic heterocycles. The van der Waals surface area contributed by atoms with Crippen LogP contribution in [0, 0.1) is 0 Å². The molecule has 2 aromatic heterocycles. The van der Waals surface area contributed by atoms with Crippen LogP contribution in [-0.2, 0) is 5.41 Å². The maximum Gasteiger partial charge on any atom is 0.223 e. The first-order valence-corrected chi connectivity index (χ1v) is 7.19. The number of H-pyrrole nitrogens is 1. The van der Waals surface area contributed by atoms with Crippen LogP contribution in [0.3, 0.4) is 0 Å². The van der Waals surface area contributed by atoms with E-state index in [4.69, 9.17) is 11.6 Å². The van der Waals surface area contributed by atoms with Crippen LogP contribution in [0.15, 0.2) is 30.6 Å². The molecule has 0 atom stereocenters. The summed E-state index contributed by atoms with van der Waals surface area (Å²) in [5.74, 6) is 0.432. The second-order valence-electron chi connectivity index (χ2n) is 5.97. The Kier molecular flexibility index (Phi) is 3.62. The molecule has 0 radical (unpaired) electrons. The van der Waals surface area contributed by atoms with E-state index >= 15 is 0 Å². The minimum atomic E-state index is -0.00290. The van der Waals surface area contributed by atoms with E-state index < -0.39 is 0 Å². The van der Waals surface area contributed by atoms with E-state index in [1.165, 1.54) is 6.33 Å². The van der Waals surface area contributed by atoms with Gasteiger partial charge in [-0.2, -0.15) is 5.21 Å². The summed E-state index contributed by atoms with van der Waals surface area (Å²) in [7, 11) is 0. The molecule has 112 valence electrons. The molecule has 0 saturated carbocycles. The number of aromatic nitrogens is 6. The van der Waals surface area contributed by atoms with E-state index in [9.17, 15) is 0 Å². The zero-order valence-electron chi connectivity index (χ0n) is 12.5. The van der Waals surface area contributed by atoms with E-state index in [1.807, 2.05) is 24.3 Å². The molecule has 22 heavy (non-hydrogen) atoms. The number of benzene rings is 1. The average Bonchev–Trinajstić information content (AvgIpc) is 3.00. The molecule has 6 nitrogen and oxygen atoms in total. The molecule has 0 aliphatic carbocycles. The highest BCUT2D eigenvalue weighted by atomic mass is 35.5. The molecular formula is C15H15ClN6. The number of hydrogen-bond donors (Lipinski definition) is 1. The summed E-state index contributed by atoms with van der Waals surface area (Å²) >= 11 is 6.42. The quantitative estimate of drug-likeness (QED) is 0.785. The third kappa shape index (κ3) is 2.82. The van der Waals surface area contributed by atoms with Crippen LogP contribution in [0.5, 0.6) is 0 Å². The fraction of sp³-hybridized carbons (Fsp3) is 0.267. The van der Waals surface area contributed by atoms with E-state index in [2.05, 4.69) is 51.4 Å². The summed E-state index contributed by atoms with van der Waals surface area (Å²) < 4.78 is 0. The standard InChI is InChI=1S/C15H15ClN6/c1-15(2,3)10-5-4-9(6-11(10)16)12-7-13(18-8-17-12)14-19-21-22-20-14/h4-8H,1-3H3,(H,19,20,21,22). The SMILES string of the molecule is CC(C)(C)c1ccc(-c2cc(-c3nn[nH]n3)ncn2)cc1Cl. The summed E-state index contributed by atoms with van der Waals surface area (Å²) in [6.45, 7) is 6.40. The van der Waals surface area contributed by atoms with Crippen LogP contribution in [0.25, 0.3) is 22.8 Å². The Morgan fingerprint density at radius 1 is 1.05 bits per heavy atom. The first-order chi connectivity index (χ1) is 10.4. The van der Waals surface area contributed by atoms with Gasteiger partial charge in [0.25, 0.3) is 0 Å². The first-order valence-electron chi connectivity index (χ1n) is 6.81. The molecule has 1 N–H and O–H groups in total. The smallest absolute Gasteiger partial charge is 0.223 e. The fourth-order valence-electron chi connectivity index (χ4n) is 2.19. The van der Waals surface area contributed by atoms with Crippen LogP contribution in [0.4, 0.5) is 0 Å². The summed E-state index contributed by atoms with van der Waals surface area (Å²) in [4.78, 5) is 8.45. The molecule has 0 amide bonds. The predicted molar refractivity (Wildman–Crippen MR) is 84.3 cm³/mol. The van der Waals surface area contributed by atoms with Crippen molar-refractivity contribution in [2.24, 2.45) is 0 Å². The van der Waals surface area contributed by atoms with Gasteiger partial charge < -0.3 is 0 Å². The normalized spacial score (nSPS) is 11.6. The van der Waals surface area contributed by atoms with Gasteiger partial charge in [-0.15, -0.1) is 10.2 Å². The highest BCUT2D eigenvalue weighted by molar-refractivity contribution is 6.31. The Balaban J connectivity index is 2.02. The predicted octanol–water partition coefficient (Wildman–Crippen LogP) is 3.27. The topological polar surface area (TPSA) is 80.2 Å². The van der Waals surface area contributed by atoms with Crippen molar-refractivity contribution in [2.75, 3.05) is 0 Å². The fourth-order valence-corrected chi connectivity index (χ4v) is 2.65. The second kappa shape index (κ2) is 5.46. The zero-order valence-corrected chi connectivity index (χ0v) is 13.3. The van der Waals surface area contributed by atoms with Gasteiger partial charge in [-0.3, -0.25) is 0 Å². The lowest BCUT2D eigenvalue weighted by molar-refractivity contribution is 0.590. The van der Waals surface area contributed by atoms with Gasteiger partial charge >= 0.3 is 0 Å². The zero-order chi connectivity index (χ0) is 15.7. The van der Waals surface area contributed by atoms with E-state index in [0.29, 0.717) is 11.5 Å². The van der Waals surface area contributed by atoms with Crippen molar-refractivity contribution in [1.29, 1.82) is 0 Å². The Hall–Kier alpha value is -2.34. The van der Waals surface area contributed by atoms with Gasteiger partial charge in [-0.05, 0) is 28.3 Å². The Morgan fingerprint density at radius 2 is 1.82 bits per heavy atom. The van der Waals surface area contributed by atoms with Crippen molar-refractivity contribution in [1.82, 2.24) is 30.6 Å². The van der Waals surface area contributed by atoms with E-state index in [1.54, 1.807) is 0 Å². The third-order valence-corrected chi connectivity index (χ3v) is 3.63. The molecule has 0 spiro atoms. The number of nitrogens with one attached hydrogen (secondary N) is 1. The molecule has 0 unspecified atom stereocenters. The summed E-state index contributed by atoms with van der Waals surface area (Å²) in [5.41, 5.74) is 3.39. The summed E-state index contributed by atoms with van der Waals surface area (Å²) in [5, 5.41) is 14.5. The number of tetrazole rings is 1. The van der Waals surface area contributed by atoms with Gasteiger partial charge in [-0.1, -0.05) is 44.5 Å². The second-order valence-corrected chi connectivity index (χ2v) is 6.38. The molecule has 3 aromatic rings. The molecular weight excluding hydrogens is 300 g/mol. The van der Waals surface area contributed by atoms with Gasteiger partial charge in [0.05, 0.1) is 5.69 Å². The van der Waals surface area contributed by atoms with Crippen LogP contribution in [0.2, 0.25) is 5.02 Å². The van der Waals surface area contributed by atoms with Gasteiger partial charge in [0.15, 0.2) is 0 Å². The Bertz CT molecular complexity index is 792. The van der Waals surface area contributed by atoms with Crippen molar-refractivity contribution in [3.05, 3.63) is 41.2 Å². The van der Waals surface area contributed by atoms with E-state index in [-0.39, 0.29) is 5.41 Å². The van der Waals surface area contributed by atoms with E-state index in [0.717, 1.165) is 21.8 Å². The number of aromatic amines is 1. The van der Waals surface area contributed by atoms with Crippen LogP contribution < -0.4 is 0 Å². The van der Waals surface area contributed by atoms with Gasteiger partial charge in [0.2, 0.25) is 5.82 Å². The van der Waals surface area contributed by atoms with Gasteiger partial charge in [0.1, 0.15) is 12.0 Å². The van der Waals surface area contributed by atoms with Gasteiger partial charge in [-0.25, -0.2) is 9.97 Å². The molecule has 0 aliphatic rings. The van der Waals surface area contributed by atoms with Crippen LogP contribution in [-0.4, -0.2) is 30.6 Å². The average molecular weight is 315 g/mol. The summed E-state index contributed by atoms with van der Waals surface area (Å²) in [6.07, 6.45) is 1.48. The minimum Gasteiger partial charge on any atom is -0.236 e. The summed E-state index contributed by atoms with van der Waals surface area (Å²) in [6, 6.07) is 7.78. The van der Waals surface area contributed by atoms with Crippen molar-refractivity contribution < 1.29 is 0 Å². The Morgan fingerprint density at radius 3 is 2.45 bits per heavy atom. The number of halogens is 1. The van der Waals surface area contributed by atoms with Crippen molar-refractivity contribution >= 4 is 11.6 Å². The molecule has 0 saturated heterocycles. The third-order valence-electron chi connectivity index (χ3n) is 3.31. The molecule has 2 heterocycles. The molecule has 7 heteroatoms. The monoisotopic (exact) mass is 314 g/mol. The highest BCUT2D eigenvalue weighted by Crippen LogP contribution is 2.32. The number of nitrogens with zero attached hydrogens (tertiary/aromatic N) is 5. The maximum atomic E-state index is 6.42. The lowest BCUT2D eigenvalue weighted by Gasteiger charge is -2.21. The maximum absolute atomic E-state index is 6.42. The van der Waals surface area contributed by atoms with Gasteiger partial charge in [0, 0.05) is 10.6 Å². The Labute approximate surface area is 133 Å².